The Kier molecular flexibility index (Phi) is 5.69. The molecule has 29 heavy (non-hydrogen) atoms. The summed E-state index contributed by atoms with van der Waals surface area (Å²) < 4.78 is 2.26. The molecule has 0 radical (unpaired) electrons. The van der Waals surface area contributed by atoms with Crippen molar-refractivity contribution in [3.63, 3.8) is 0 Å². The molecule has 1 aliphatic carbocycles. The highest BCUT2D eigenvalue weighted by Crippen LogP contribution is 2.23. The predicted molar refractivity (Wildman–Crippen MR) is 113 cm³/mol. The fourth-order valence-electron chi connectivity index (χ4n) is 4.04. The first-order chi connectivity index (χ1) is 14.1. The average molecular weight is 390 g/mol. The minimum absolute atomic E-state index is 0.0123. The number of Topliss-reactive ketones (excluding diaryl/α,β-unsaturated/α-hetero) is 1. The summed E-state index contributed by atoms with van der Waals surface area (Å²) >= 11 is 0. The average Bonchev–Trinajstić information content (AvgIpc) is 3.32. The van der Waals surface area contributed by atoms with E-state index in [0.29, 0.717) is 5.82 Å². The zero-order valence-electron chi connectivity index (χ0n) is 17.1. The molecule has 1 aromatic carbocycles. The number of hydrogen-bond donors (Lipinski definition) is 0. The van der Waals surface area contributed by atoms with Gasteiger partial charge in [0.05, 0.1) is 0 Å². The Bertz CT molecular complexity index is 1030. The van der Waals surface area contributed by atoms with E-state index in [2.05, 4.69) is 33.0 Å². The van der Waals surface area contributed by atoms with E-state index < -0.39 is 0 Å². The second kappa shape index (κ2) is 8.55. The van der Waals surface area contributed by atoms with E-state index in [0.717, 1.165) is 35.5 Å². The number of aryl methyl sites for hydroxylation is 1. The van der Waals surface area contributed by atoms with Crippen LogP contribution in [0.1, 0.15) is 53.8 Å². The number of aromatic nitrogens is 5. The lowest BCUT2D eigenvalue weighted by molar-refractivity contribution is 0.0960. The molecule has 0 saturated heterocycles. The molecular weight excluding hydrogens is 362 g/mol. The van der Waals surface area contributed by atoms with Gasteiger partial charge in [-0.2, -0.15) is 4.80 Å². The minimum Gasteiger partial charge on any atom is -0.348 e. The van der Waals surface area contributed by atoms with Gasteiger partial charge in [0.25, 0.3) is 0 Å². The van der Waals surface area contributed by atoms with Crippen LogP contribution in [0.3, 0.4) is 0 Å². The quantitative estimate of drug-likeness (QED) is 0.440. The smallest absolute Gasteiger partial charge is 0.204 e. The molecule has 0 unspecified atom stereocenters. The number of carbonyl (C=O) groups excluding carboxylic acids is 1. The van der Waals surface area contributed by atoms with Gasteiger partial charge >= 0.3 is 0 Å². The number of allylic oxidation sites excluding steroid dienone is 2. The van der Waals surface area contributed by atoms with Crippen LogP contribution < -0.4 is 0 Å². The Morgan fingerprint density at radius 3 is 2.72 bits per heavy atom. The van der Waals surface area contributed by atoms with Crippen molar-refractivity contribution in [2.45, 2.75) is 59.0 Å². The van der Waals surface area contributed by atoms with Crippen LogP contribution in [-0.4, -0.2) is 30.6 Å². The summed E-state index contributed by atoms with van der Waals surface area (Å²) in [6, 6.07) is 11.6. The van der Waals surface area contributed by atoms with Crippen LogP contribution in [0.5, 0.6) is 0 Å². The van der Waals surface area contributed by atoms with Gasteiger partial charge in [-0.15, -0.1) is 10.2 Å². The van der Waals surface area contributed by atoms with Gasteiger partial charge in [0.15, 0.2) is 5.78 Å². The van der Waals surface area contributed by atoms with Crippen molar-refractivity contribution < 1.29 is 4.79 Å². The summed E-state index contributed by atoms with van der Waals surface area (Å²) in [5.41, 5.74) is 5.34. The number of carbonyl (C=O) groups is 1. The van der Waals surface area contributed by atoms with Crippen LogP contribution in [0, 0.1) is 13.8 Å². The molecule has 150 valence electrons. The van der Waals surface area contributed by atoms with Crippen molar-refractivity contribution in [2.75, 3.05) is 0 Å². The third kappa shape index (κ3) is 4.36. The summed E-state index contributed by atoms with van der Waals surface area (Å²) in [6.45, 7) is 5.12. The molecule has 0 fully saturated rings. The Morgan fingerprint density at radius 2 is 1.97 bits per heavy atom. The number of tetrazole rings is 1. The number of ketones is 1. The van der Waals surface area contributed by atoms with Crippen molar-refractivity contribution in [2.24, 2.45) is 0 Å². The van der Waals surface area contributed by atoms with Gasteiger partial charge in [-0.25, -0.2) is 0 Å². The zero-order chi connectivity index (χ0) is 20.2. The summed E-state index contributed by atoms with van der Waals surface area (Å²) in [6.07, 6.45) is 8.49. The molecule has 0 atom stereocenters. The van der Waals surface area contributed by atoms with Gasteiger partial charge in [0.1, 0.15) is 6.54 Å². The first-order valence-electron chi connectivity index (χ1n) is 10.3. The number of benzene rings is 1. The van der Waals surface area contributed by atoms with E-state index in [-0.39, 0.29) is 12.3 Å². The molecule has 0 aliphatic heterocycles. The fraction of sp³-hybridized carbons (Fsp3) is 0.391. The summed E-state index contributed by atoms with van der Waals surface area (Å²) in [5.74, 6) is 0.544. The zero-order valence-corrected chi connectivity index (χ0v) is 17.1. The molecule has 2 aromatic heterocycles. The Hall–Kier alpha value is -3.02. The molecule has 0 saturated carbocycles. The van der Waals surface area contributed by atoms with E-state index in [1.54, 1.807) is 5.57 Å². The first kappa shape index (κ1) is 19.3. The van der Waals surface area contributed by atoms with Gasteiger partial charge in [-0.05, 0) is 57.2 Å². The van der Waals surface area contributed by atoms with E-state index in [1.165, 1.54) is 30.5 Å². The second-order valence-corrected chi connectivity index (χ2v) is 7.73. The maximum Gasteiger partial charge on any atom is 0.204 e. The van der Waals surface area contributed by atoms with Crippen LogP contribution in [0.2, 0.25) is 0 Å². The van der Waals surface area contributed by atoms with Crippen molar-refractivity contribution in [3.8, 4) is 11.4 Å². The third-order valence-corrected chi connectivity index (χ3v) is 5.69. The molecule has 2 heterocycles. The molecular formula is C23H27N5O. The number of nitrogens with zero attached hydrogens (tertiary/aromatic N) is 5. The fourth-order valence-corrected chi connectivity index (χ4v) is 4.04. The van der Waals surface area contributed by atoms with E-state index >= 15 is 0 Å². The molecule has 0 N–H and O–H groups in total. The lowest BCUT2D eigenvalue weighted by atomic mass is 9.97. The lowest BCUT2D eigenvalue weighted by Crippen LogP contribution is -2.14. The Labute approximate surface area is 171 Å². The molecule has 6 heteroatoms. The molecule has 0 amide bonds. The highest BCUT2D eigenvalue weighted by atomic mass is 16.1. The lowest BCUT2D eigenvalue weighted by Gasteiger charge is -2.15. The second-order valence-electron chi connectivity index (χ2n) is 7.73. The van der Waals surface area contributed by atoms with Gasteiger partial charge in [0.2, 0.25) is 5.82 Å². The summed E-state index contributed by atoms with van der Waals surface area (Å²) in [7, 11) is 0. The van der Waals surface area contributed by atoms with Gasteiger partial charge < -0.3 is 4.57 Å². The predicted octanol–water partition coefficient (Wildman–Crippen LogP) is 4.53. The van der Waals surface area contributed by atoms with Crippen LogP contribution >= 0.6 is 0 Å². The van der Waals surface area contributed by atoms with Gasteiger partial charge in [0, 0.05) is 29.1 Å². The first-order valence-corrected chi connectivity index (χ1v) is 10.3. The van der Waals surface area contributed by atoms with Gasteiger partial charge in [-0.3, -0.25) is 4.79 Å². The van der Waals surface area contributed by atoms with Crippen LogP contribution in [0.4, 0.5) is 0 Å². The van der Waals surface area contributed by atoms with Crippen molar-refractivity contribution in [3.05, 3.63) is 65.0 Å². The van der Waals surface area contributed by atoms with Gasteiger partial charge in [-0.1, -0.05) is 42.0 Å². The monoisotopic (exact) mass is 389 g/mol. The van der Waals surface area contributed by atoms with Crippen LogP contribution in [0.15, 0.2) is 48.0 Å². The largest absolute Gasteiger partial charge is 0.348 e. The maximum absolute atomic E-state index is 12.9. The molecule has 3 aromatic rings. The van der Waals surface area contributed by atoms with E-state index in [4.69, 9.17) is 0 Å². The highest BCUT2D eigenvalue weighted by Gasteiger charge is 2.18. The van der Waals surface area contributed by atoms with Crippen molar-refractivity contribution >= 4 is 5.78 Å². The highest BCUT2D eigenvalue weighted by molar-refractivity contribution is 5.97. The molecule has 0 bridgehead atoms. The molecule has 6 nitrogen and oxygen atoms in total. The maximum atomic E-state index is 12.9. The minimum atomic E-state index is 0.0123. The molecule has 1 aliphatic rings. The van der Waals surface area contributed by atoms with Crippen molar-refractivity contribution in [1.82, 2.24) is 24.8 Å². The Morgan fingerprint density at radius 1 is 1.14 bits per heavy atom. The SMILES string of the molecule is Cc1cc(C(=O)Cn2nnc(-c3ccccc3)n2)c(C)n1CCC1=CCCCC1. The topological polar surface area (TPSA) is 65.6 Å². The summed E-state index contributed by atoms with van der Waals surface area (Å²) in [5, 5.41) is 12.5. The van der Waals surface area contributed by atoms with E-state index in [9.17, 15) is 4.79 Å². The van der Waals surface area contributed by atoms with Crippen molar-refractivity contribution in [1.29, 1.82) is 0 Å². The third-order valence-electron chi connectivity index (χ3n) is 5.69. The van der Waals surface area contributed by atoms with E-state index in [1.807, 2.05) is 43.3 Å². The number of rotatable bonds is 7. The normalized spacial score (nSPS) is 14.1. The summed E-state index contributed by atoms with van der Waals surface area (Å²) in [4.78, 5) is 14.3. The van der Waals surface area contributed by atoms with Crippen LogP contribution in [-0.2, 0) is 13.1 Å². The number of hydrogen-bond acceptors (Lipinski definition) is 4. The Balaban J connectivity index is 1.45. The molecule has 4 rings (SSSR count). The standard InChI is InChI=1S/C23H27N5O/c1-17-15-21(18(2)27(17)14-13-19-9-5-3-6-10-19)22(29)16-28-25-23(24-26-28)20-11-7-4-8-12-20/h4,7-9,11-12,15H,3,5-6,10,13-14,16H2,1-2H3. The molecule has 0 spiro atoms. The van der Waals surface area contributed by atoms with Crippen LogP contribution in [0.25, 0.3) is 11.4 Å².